The summed E-state index contributed by atoms with van der Waals surface area (Å²) in [5.41, 5.74) is 6.30. The van der Waals surface area contributed by atoms with Crippen molar-refractivity contribution in [3.05, 3.63) is 36.0 Å². The zero-order valence-corrected chi connectivity index (χ0v) is 13.7. The van der Waals surface area contributed by atoms with Gasteiger partial charge < -0.3 is 16.2 Å². The van der Waals surface area contributed by atoms with E-state index in [9.17, 15) is 14.9 Å². The molecular weight excluding hydrogens is 308 g/mol. The summed E-state index contributed by atoms with van der Waals surface area (Å²) in [6.45, 7) is 1.97. The maximum absolute atomic E-state index is 12.5. The number of nitrogens with two attached hydrogens (primary N) is 1. The van der Waals surface area contributed by atoms with E-state index in [4.69, 9.17) is 10.8 Å². The number of benzene rings is 1. The molecule has 24 heavy (non-hydrogen) atoms. The molecule has 0 atom stereocenters. The highest BCUT2D eigenvalue weighted by Crippen LogP contribution is 2.18. The molecule has 128 valence electrons. The minimum absolute atomic E-state index is 0.146. The molecule has 7 heteroatoms. The van der Waals surface area contributed by atoms with Gasteiger partial charge in [-0.05, 0) is 43.5 Å². The largest absolute Gasteiger partial charge is 0.399 e. The van der Waals surface area contributed by atoms with Gasteiger partial charge in [0.25, 0.3) is 5.91 Å². The van der Waals surface area contributed by atoms with Crippen LogP contribution in [-0.4, -0.2) is 30.1 Å². The number of unbranched alkanes of at least 4 members (excludes halogenated alkanes) is 2. The van der Waals surface area contributed by atoms with Gasteiger partial charge in [0.15, 0.2) is 0 Å². The van der Waals surface area contributed by atoms with E-state index in [2.05, 4.69) is 5.32 Å². The molecule has 0 bridgehead atoms. The fourth-order valence-electron chi connectivity index (χ4n) is 2.02. The molecule has 0 aromatic heterocycles. The van der Waals surface area contributed by atoms with Gasteiger partial charge in [0.05, 0.1) is 5.69 Å². The molecule has 4 N–H and O–H groups in total. The Morgan fingerprint density at radius 1 is 1.29 bits per heavy atom. The van der Waals surface area contributed by atoms with Gasteiger partial charge in [0.1, 0.15) is 11.6 Å². The van der Waals surface area contributed by atoms with Crippen LogP contribution in [-0.2, 0) is 9.59 Å². The highest BCUT2D eigenvalue weighted by molar-refractivity contribution is 6.21. The third-order valence-electron chi connectivity index (χ3n) is 3.25. The van der Waals surface area contributed by atoms with Crippen LogP contribution in [0, 0.1) is 11.3 Å². The van der Waals surface area contributed by atoms with Crippen molar-refractivity contribution < 1.29 is 14.7 Å². The Bertz CT molecular complexity index is 632. The Hall–Kier alpha value is -2.85. The molecule has 2 amide bonds. The van der Waals surface area contributed by atoms with Crippen molar-refractivity contribution in [2.75, 3.05) is 23.8 Å². The summed E-state index contributed by atoms with van der Waals surface area (Å²) in [6.07, 6.45) is 3.68. The van der Waals surface area contributed by atoms with Crippen molar-refractivity contribution in [2.45, 2.75) is 26.2 Å². The van der Waals surface area contributed by atoms with Crippen LogP contribution in [0.1, 0.15) is 26.2 Å². The third-order valence-corrected chi connectivity index (χ3v) is 3.25. The van der Waals surface area contributed by atoms with Crippen molar-refractivity contribution in [3.63, 3.8) is 0 Å². The predicted molar refractivity (Wildman–Crippen MR) is 91.7 cm³/mol. The SMILES string of the molecule is CC(=O)N(C(=O)/C(C#N)=C\NCCCCCO)c1ccc(N)cc1. The fraction of sp³-hybridized carbons (Fsp3) is 0.353. The van der Waals surface area contributed by atoms with Crippen LogP contribution >= 0.6 is 0 Å². The minimum atomic E-state index is -0.697. The van der Waals surface area contributed by atoms with Gasteiger partial charge in [0.2, 0.25) is 5.91 Å². The summed E-state index contributed by atoms with van der Waals surface area (Å²) in [5.74, 6) is -1.19. The number of hydrogen-bond donors (Lipinski definition) is 3. The van der Waals surface area contributed by atoms with Gasteiger partial charge in [-0.1, -0.05) is 0 Å². The number of carbonyl (C=O) groups is 2. The number of rotatable bonds is 8. The van der Waals surface area contributed by atoms with E-state index in [1.165, 1.54) is 13.1 Å². The van der Waals surface area contributed by atoms with Crippen LogP contribution < -0.4 is 16.0 Å². The molecule has 0 radical (unpaired) electrons. The molecule has 7 nitrogen and oxygen atoms in total. The van der Waals surface area contributed by atoms with Crippen molar-refractivity contribution in [1.82, 2.24) is 5.32 Å². The summed E-state index contributed by atoms with van der Waals surface area (Å²) in [5, 5.41) is 20.8. The molecule has 0 aliphatic heterocycles. The quantitative estimate of drug-likeness (QED) is 0.286. The molecule has 0 unspecified atom stereocenters. The molecule has 0 aliphatic carbocycles. The number of nitrogen functional groups attached to an aromatic ring is 1. The number of nitrogens with zero attached hydrogens (tertiary/aromatic N) is 2. The Balaban J connectivity index is 2.82. The first-order valence-corrected chi connectivity index (χ1v) is 7.66. The molecule has 1 rings (SSSR count). The van der Waals surface area contributed by atoms with Crippen LogP contribution in [0.15, 0.2) is 36.0 Å². The predicted octanol–water partition coefficient (Wildman–Crippen LogP) is 1.31. The summed E-state index contributed by atoms with van der Waals surface area (Å²) >= 11 is 0. The lowest BCUT2D eigenvalue weighted by molar-refractivity contribution is -0.123. The Morgan fingerprint density at radius 3 is 2.50 bits per heavy atom. The first-order chi connectivity index (χ1) is 11.5. The number of amides is 2. The van der Waals surface area contributed by atoms with E-state index in [1.807, 2.05) is 6.07 Å². The maximum Gasteiger partial charge on any atom is 0.277 e. The van der Waals surface area contributed by atoms with E-state index in [-0.39, 0.29) is 12.2 Å². The number of carbonyl (C=O) groups excluding carboxylic acids is 2. The molecule has 0 saturated heterocycles. The van der Waals surface area contributed by atoms with Crippen molar-refractivity contribution in [2.24, 2.45) is 0 Å². The summed E-state index contributed by atoms with van der Waals surface area (Å²) in [4.78, 5) is 25.2. The first kappa shape index (κ1) is 19.2. The molecule has 1 aromatic carbocycles. The van der Waals surface area contributed by atoms with E-state index in [0.717, 1.165) is 17.7 Å². The van der Waals surface area contributed by atoms with Crippen molar-refractivity contribution >= 4 is 23.2 Å². The lowest BCUT2D eigenvalue weighted by atomic mass is 10.2. The van der Waals surface area contributed by atoms with E-state index >= 15 is 0 Å². The average molecular weight is 330 g/mol. The molecule has 0 fully saturated rings. The van der Waals surface area contributed by atoms with E-state index < -0.39 is 11.8 Å². The second-order valence-electron chi connectivity index (χ2n) is 5.16. The number of imide groups is 1. The average Bonchev–Trinajstić information content (AvgIpc) is 2.56. The van der Waals surface area contributed by atoms with Gasteiger partial charge in [-0.15, -0.1) is 0 Å². The zero-order chi connectivity index (χ0) is 17.9. The summed E-state index contributed by atoms with van der Waals surface area (Å²) in [6, 6.07) is 8.06. The smallest absolute Gasteiger partial charge is 0.277 e. The molecule has 0 saturated carbocycles. The highest BCUT2D eigenvalue weighted by atomic mass is 16.3. The molecule has 0 heterocycles. The second-order valence-corrected chi connectivity index (χ2v) is 5.16. The maximum atomic E-state index is 12.5. The Morgan fingerprint density at radius 2 is 1.96 bits per heavy atom. The fourth-order valence-corrected chi connectivity index (χ4v) is 2.02. The second kappa shape index (κ2) is 10.0. The normalized spacial score (nSPS) is 10.8. The monoisotopic (exact) mass is 330 g/mol. The van der Waals surface area contributed by atoms with Gasteiger partial charge in [-0.3, -0.25) is 9.59 Å². The molecule has 1 aromatic rings. The van der Waals surface area contributed by atoms with Crippen molar-refractivity contribution in [1.29, 1.82) is 5.26 Å². The van der Waals surface area contributed by atoms with Crippen LogP contribution in [0.4, 0.5) is 11.4 Å². The number of hydrogen-bond acceptors (Lipinski definition) is 6. The molecule has 0 spiro atoms. The highest BCUT2D eigenvalue weighted by Gasteiger charge is 2.23. The lowest BCUT2D eigenvalue weighted by Gasteiger charge is -2.19. The topological polar surface area (TPSA) is 119 Å². The van der Waals surface area contributed by atoms with Crippen LogP contribution in [0.5, 0.6) is 0 Å². The first-order valence-electron chi connectivity index (χ1n) is 7.66. The number of aliphatic hydroxyl groups excluding tert-OH is 1. The number of aliphatic hydroxyl groups is 1. The molecular formula is C17H22N4O3. The lowest BCUT2D eigenvalue weighted by Crippen LogP contribution is -2.36. The van der Waals surface area contributed by atoms with Crippen LogP contribution in [0.3, 0.4) is 0 Å². The number of anilines is 2. The molecule has 0 aliphatic rings. The number of nitriles is 1. The zero-order valence-electron chi connectivity index (χ0n) is 13.7. The van der Waals surface area contributed by atoms with E-state index in [0.29, 0.717) is 24.3 Å². The van der Waals surface area contributed by atoms with Crippen LogP contribution in [0.25, 0.3) is 0 Å². The Labute approximate surface area is 141 Å². The van der Waals surface area contributed by atoms with Crippen molar-refractivity contribution in [3.8, 4) is 6.07 Å². The minimum Gasteiger partial charge on any atom is -0.399 e. The Kier molecular flexibility index (Phi) is 8.02. The van der Waals surface area contributed by atoms with Crippen LogP contribution in [0.2, 0.25) is 0 Å². The summed E-state index contributed by atoms with van der Waals surface area (Å²) < 4.78 is 0. The standard InChI is InChI=1S/C17H22N4O3/c1-13(23)21(16-7-5-15(19)6-8-16)17(24)14(11-18)12-20-9-3-2-4-10-22/h5-8,12,20,22H,2-4,9-10,19H2,1H3/b14-12-. The third kappa shape index (κ3) is 5.74. The summed E-state index contributed by atoms with van der Waals surface area (Å²) in [7, 11) is 0. The van der Waals surface area contributed by atoms with E-state index in [1.54, 1.807) is 24.3 Å². The van der Waals surface area contributed by atoms with Gasteiger partial charge in [0, 0.05) is 32.0 Å². The number of nitrogens with one attached hydrogen (secondary N) is 1. The van der Waals surface area contributed by atoms with Gasteiger partial charge in [-0.25, -0.2) is 4.90 Å². The van der Waals surface area contributed by atoms with Gasteiger partial charge >= 0.3 is 0 Å². The van der Waals surface area contributed by atoms with Gasteiger partial charge in [-0.2, -0.15) is 5.26 Å².